The molecule has 1 aliphatic carbocycles. The van der Waals surface area contributed by atoms with Gasteiger partial charge in [-0.1, -0.05) is 12.8 Å². The summed E-state index contributed by atoms with van der Waals surface area (Å²) >= 11 is 0. The lowest BCUT2D eigenvalue weighted by atomic mass is 9.85. The molecule has 1 fully saturated rings. The van der Waals surface area contributed by atoms with Crippen molar-refractivity contribution < 1.29 is 4.74 Å². The monoisotopic (exact) mass is 171 g/mol. The third-order valence-corrected chi connectivity index (χ3v) is 3.33. The molecule has 1 atom stereocenters. The molecule has 0 bridgehead atoms. The largest absolute Gasteiger partial charge is 0.378 e. The third-order valence-electron chi connectivity index (χ3n) is 3.33. The van der Waals surface area contributed by atoms with Crippen molar-refractivity contribution in [2.75, 3.05) is 13.7 Å². The van der Waals surface area contributed by atoms with Crippen LogP contribution < -0.4 is 5.73 Å². The molecule has 0 heterocycles. The lowest BCUT2D eigenvalue weighted by Crippen LogP contribution is -2.37. The van der Waals surface area contributed by atoms with Gasteiger partial charge >= 0.3 is 0 Å². The fraction of sp³-hybridized carbons (Fsp3) is 1.00. The third kappa shape index (κ3) is 1.99. The summed E-state index contributed by atoms with van der Waals surface area (Å²) in [5.74, 6) is 0.742. The second-order valence-electron chi connectivity index (χ2n) is 4.04. The van der Waals surface area contributed by atoms with Crippen molar-refractivity contribution in [3.8, 4) is 0 Å². The molecule has 0 radical (unpaired) electrons. The Balaban J connectivity index is 2.51. The first kappa shape index (κ1) is 10.0. The van der Waals surface area contributed by atoms with Crippen molar-refractivity contribution >= 4 is 0 Å². The van der Waals surface area contributed by atoms with Gasteiger partial charge in [-0.15, -0.1) is 0 Å². The van der Waals surface area contributed by atoms with E-state index in [0.29, 0.717) is 0 Å². The smallest absolute Gasteiger partial charge is 0.0690 e. The van der Waals surface area contributed by atoms with E-state index in [9.17, 15) is 0 Å². The van der Waals surface area contributed by atoms with Gasteiger partial charge in [0, 0.05) is 7.11 Å². The molecule has 2 N–H and O–H groups in total. The first-order valence-corrected chi connectivity index (χ1v) is 4.98. The van der Waals surface area contributed by atoms with E-state index in [1.807, 2.05) is 7.11 Å². The van der Waals surface area contributed by atoms with Gasteiger partial charge in [0.15, 0.2) is 0 Å². The molecular weight excluding hydrogens is 150 g/mol. The van der Waals surface area contributed by atoms with Crippen LogP contribution in [0.15, 0.2) is 0 Å². The minimum absolute atomic E-state index is 0.0469. The van der Waals surface area contributed by atoms with Crippen molar-refractivity contribution in [3.05, 3.63) is 0 Å². The number of methoxy groups -OCH3 is 1. The molecule has 2 nitrogen and oxygen atoms in total. The predicted octanol–water partition coefficient (Wildman–Crippen LogP) is 1.93. The molecule has 0 aromatic rings. The molecule has 2 heteroatoms. The van der Waals surface area contributed by atoms with E-state index in [0.717, 1.165) is 18.9 Å². The molecule has 0 spiro atoms. The van der Waals surface area contributed by atoms with Crippen LogP contribution in [0.1, 0.15) is 39.0 Å². The molecule has 0 aromatic carbocycles. The highest BCUT2D eigenvalue weighted by molar-refractivity contribution is 4.87. The van der Waals surface area contributed by atoms with Crippen LogP contribution in [0.5, 0.6) is 0 Å². The Morgan fingerprint density at radius 2 is 2.00 bits per heavy atom. The quantitative estimate of drug-likeness (QED) is 0.701. The van der Waals surface area contributed by atoms with Gasteiger partial charge in [0.1, 0.15) is 0 Å². The Hall–Kier alpha value is -0.0800. The van der Waals surface area contributed by atoms with Crippen LogP contribution in [0.25, 0.3) is 0 Å². The van der Waals surface area contributed by atoms with Gasteiger partial charge in [-0.05, 0) is 38.6 Å². The maximum absolute atomic E-state index is 5.58. The number of hydrogen-bond donors (Lipinski definition) is 1. The van der Waals surface area contributed by atoms with Crippen molar-refractivity contribution in [2.24, 2.45) is 11.7 Å². The summed E-state index contributed by atoms with van der Waals surface area (Å²) in [6.07, 6.45) is 6.38. The van der Waals surface area contributed by atoms with Gasteiger partial charge in [-0.2, -0.15) is 0 Å². The topological polar surface area (TPSA) is 35.2 Å². The van der Waals surface area contributed by atoms with E-state index in [1.54, 1.807) is 0 Å². The fourth-order valence-electron chi connectivity index (χ4n) is 2.30. The number of hydrogen-bond acceptors (Lipinski definition) is 2. The summed E-state index contributed by atoms with van der Waals surface area (Å²) in [5.41, 5.74) is 5.62. The Morgan fingerprint density at radius 1 is 1.42 bits per heavy atom. The summed E-state index contributed by atoms with van der Waals surface area (Å²) in [6, 6.07) is 0. The average Bonchev–Trinajstić information content (AvgIpc) is 2.57. The molecule has 12 heavy (non-hydrogen) atoms. The molecule has 72 valence electrons. The highest BCUT2D eigenvalue weighted by atomic mass is 16.5. The first-order chi connectivity index (χ1) is 5.73. The Morgan fingerprint density at radius 3 is 2.42 bits per heavy atom. The predicted molar refractivity (Wildman–Crippen MR) is 51.0 cm³/mol. The normalized spacial score (nSPS) is 24.2. The Kier molecular flexibility index (Phi) is 3.53. The average molecular weight is 171 g/mol. The van der Waals surface area contributed by atoms with Crippen LogP contribution in [0.3, 0.4) is 0 Å². The summed E-state index contributed by atoms with van der Waals surface area (Å²) in [7, 11) is 1.81. The van der Waals surface area contributed by atoms with Crippen molar-refractivity contribution in [1.29, 1.82) is 0 Å². The van der Waals surface area contributed by atoms with Gasteiger partial charge in [0.2, 0.25) is 0 Å². The lowest BCUT2D eigenvalue weighted by Gasteiger charge is -2.34. The number of rotatable bonds is 4. The number of ether oxygens (including phenoxy) is 1. The summed E-state index contributed by atoms with van der Waals surface area (Å²) < 4.78 is 5.58. The highest BCUT2D eigenvalue weighted by Crippen LogP contribution is 2.37. The minimum atomic E-state index is 0.0469. The highest BCUT2D eigenvalue weighted by Gasteiger charge is 2.34. The molecule has 0 amide bonds. The van der Waals surface area contributed by atoms with E-state index in [1.165, 1.54) is 25.7 Å². The standard InChI is InChI=1S/C10H21NO/c1-10(12-2,7-8-11)9-5-3-4-6-9/h9H,3-8,11H2,1-2H3. The second kappa shape index (κ2) is 4.24. The maximum atomic E-state index is 5.58. The van der Waals surface area contributed by atoms with Crippen LogP contribution >= 0.6 is 0 Å². The zero-order valence-electron chi connectivity index (χ0n) is 8.31. The van der Waals surface area contributed by atoms with Gasteiger partial charge in [0.05, 0.1) is 5.60 Å². The van der Waals surface area contributed by atoms with Crippen molar-refractivity contribution in [3.63, 3.8) is 0 Å². The fourth-order valence-corrected chi connectivity index (χ4v) is 2.30. The molecule has 1 unspecified atom stereocenters. The van der Waals surface area contributed by atoms with Crippen LogP contribution in [0.4, 0.5) is 0 Å². The maximum Gasteiger partial charge on any atom is 0.0690 e. The zero-order valence-corrected chi connectivity index (χ0v) is 8.31. The van der Waals surface area contributed by atoms with E-state index in [-0.39, 0.29) is 5.60 Å². The minimum Gasteiger partial charge on any atom is -0.378 e. The van der Waals surface area contributed by atoms with Crippen LogP contribution in [0, 0.1) is 5.92 Å². The van der Waals surface area contributed by atoms with E-state index < -0.39 is 0 Å². The zero-order chi connectivity index (χ0) is 9.03. The first-order valence-electron chi connectivity index (χ1n) is 4.98. The van der Waals surface area contributed by atoms with E-state index in [2.05, 4.69) is 6.92 Å². The summed E-state index contributed by atoms with van der Waals surface area (Å²) in [5, 5.41) is 0. The molecule has 1 aliphatic rings. The Bertz CT molecular complexity index is 132. The molecular formula is C10H21NO. The molecule has 1 rings (SSSR count). The van der Waals surface area contributed by atoms with Crippen LogP contribution in [0.2, 0.25) is 0 Å². The van der Waals surface area contributed by atoms with Crippen LogP contribution in [-0.2, 0) is 4.74 Å². The van der Waals surface area contributed by atoms with Crippen LogP contribution in [-0.4, -0.2) is 19.3 Å². The van der Waals surface area contributed by atoms with Gasteiger partial charge in [-0.25, -0.2) is 0 Å². The van der Waals surface area contributed by atoms with Gasteiger partial charge < -0.3 is 10.5 Å². The lowest BCUT2D eigenvalue weighted by molar-refractivity contribution is -0.0459. The second-order valence-corrected chi connectivity index (χ2v) is 4.04. The van der Waals surface area contributed by atoms with Crippen molar-refractivity contribution in [2.45, 2.75) is 44.6 Å². The van der Waals surface area contributed by atoms with Crippen molar-refractivity contribution in [1.82, 2.24) is 0 Å². The molecule has 0 aromatic heterocycles. The van der Waals surface area contributed by atoms with E-state index in [4.69, 9.17) is 10.5 Å². The molecule has 1 saturated carbocycles. The Labute approximate surface area is 75.5 Å². The molecule has 0 aliphatic heterocycles. The molecule has 0 saturated heterocycles. The van der Waals surface area contributed by atoms with Gasteiger partial charge in [0.25, 0.3) is 0 Å². The number of nitrogens with two attached hydrogens (primary N) is 1. The SMILES string of the molecule is COC(C)(CCN)C1CCCC1. The summed E-state index contributed by atoms with van der Waals surface area (Å²) in [4.78, 5) is 0. The van der Waals surface area contributed by atoms with Gasteiger partial charge in [-0.3, -0.25) is 0 Å². The summed E-state index contributed by atoms with van der Waals surface area (Å²) in [6.45, 7) is 2.94. The van der Waals surface area contributed by atoms with E-state index >= 15 is 0 Å².